The highest BCUT2D eigenvalue weighted by atomic mass is 19.4. The summed E-state index contributed by atoms with van der Waals surface area (Å²) in [4.78, 5) is 22.1. The van der Waals surface area contributed by atoms with Gasteiger partial charge >= 0.3 is 12.1 Å². The van der Waals surface area contributed by atoms with Gasteiger partial charge in [-0.05, 0) is 38.1 Å². The number of nitro groups is 1. The lowest BCUT2D eigenvalue weighted by molar-refractivity contribution is -0.402. The zero-order valence-electron chi connectivity index (χ0n) is 15.2. The molecule has 0 aliphatic carbocycles. The number of benzene rings is 1. The molecule has 2 heterocycles. The Balaban J connectivity index is 1.81. The van der Waals surface area contributed by atoms with Crippen LogP contribution in [0.1, 0.15) is 40.3 Å². The van der Waals surface area contributed by atoms with Crippen molar-refractivity contribution in [1.29, 1.82) is 0 Å². The van der Waals surface area contributed by atoms with Gasteiger partial charge in [0, 0.05) is 11.3 Å². The predicted molar refractivity (Wildman–Crippen MR) is 94.5 cm³/mol. The van der Waals surface area contributed by atoms with Crippen LogP contribution in [0.25, 0.3) is 5.69 Å². The maximum atomic E-state index is 12.9. The van der Waals surface area contributed by atoms with Gasteiger partial charge in [-0.3, -0.25) is 14.9 Å². The number of rotatable bonds is 5. The monoisotopic (exact) mass is 408 g/mol. The molecule has 0 radical (unpaired) electrons. The molecule has 0 aliphatic rings. The second-order valence-corrected chi connectivity index (χ2v) is 6.24. The fourth-order valence-electron chi connectivity index (χ4n) is 2.82. The molecule has 0 fully saturated rings. The number of carbonyl (C=O) groups excluding carboxylic acids is 1. The van der Waals surface area contributed by atoms with E-state index in [1.54, 1.807) is 13.8 Å². The average molecular weight is 408 g/mol. The number of amides is 1. The molecule has 1 aromatic carbocycles. The standard InChI is InChI=1S/C18H15F3N4O4/c1-10(23-17(26)15-6-7-16(29-15)25(27)28)14-9-22-24(11(14)2)13-5-3-4-12(8-13)18(19,20)21/h3-10H,1-2H3,(H,23,26). The first-order chi connectivity index (χ1) is 13.6. The largest absolute Gasteiger partial charge is 0.433 e. The molecular weight excluding hydrogens is 393 g/mol. The van der Waals surface area contributed by atoms with Crippen molar-refractivity contribution in [2.75, 3.05) is 0 Å². The van der Waals surface area contributed by atoms with Gasteiger partial charge in [-0.25, -0.2) is 4.68 Å². The van der Waals surface area contributed by atoms with E-state index in [0.717, 1.165) is 18.2 Å². The minimum atomic E-state index is -4.48. The van der Waals surface area contributed by atoms with E-state index in [2.05, 4.69) is 10.4 Å². The molecule has 29 heavy (non-hydrogen) atoms. The predicted octanol–water partition coefficient (Wildman–Crippen LogP) is 4.19. The molecule has 0 aliphatic heterocycles. The van der Waals surface area contributed by atoms with E-state index >= 15 is 0 Å². The van der Waals surface area contributed by atoms with Crippen LogP contribution in [0.15, 0.2) is 47.0 Å². The van der Waals surface area contributed by atoms with Gasteiger partial charge in [0.05, 0.1) is 29.6 Å². The van der Waals surface area contributed by atoms with Gasteiger partial charge < -0.3 is 9.73 Å². The normalized spacial score (nSPS) is 12.6. The summed E-state index contributed by atoms with van der Waals surface area (Å²) in [5.41, 5.74) is 0.523. The third-order valence-corrected chi connectivity index (χ3v) is 4.28. The number of halogens is 3. The van der Waals surface area contributed by atoms with E-state index in [4.69, 9.17) is 4.42 Å². The molecule has 1 unspecified atom stereocenters. The van der Waals surface area contributed by atoms with Crippen molar-refractivity contribution in [2.45, 2.75) is 26.1 Å². The molecule has 11 heteroatoms. The number of furan rings is 1. The molecule has 2 aromatic heterocycles. The number of aromatic nitrogens is 2. The van der Waals surface area contributed by atoms with Gasteiger partial charge in [-0.2, -0.15) is 18.3 Å². The summed E-state index contributed by atoms with van der Waals surface area (Å²) in [6, 6.07) is 6.39. The smallest absolute Gasteiger partial charge is 0.395 e. The average Bonchev–Trinajstić information content (AvgIpc) is 3.28. The van der Waals surface area contributed by atoms with Crippen molar-refractivity contribution in [2.24, 2.45) is 0 Å². The first-order valence-corrected chi connectivity index (χ1v) is 8.35. The van der Waals surface area contributed by atoms with Crippen molar-refractivity contribution in [3.05, 3.63) is 75.3 Å². The Morgan fingerprint density at radius 3 is 2.66 bits per heavy atom. The van der Waals surface area contributed by atoms with Gasteiger partial charge in [-0.15, -0.1) is 0 Å². The SMILES string of the molecule is Cc1c(C(C)NC(=O)c2ccc([N+](=O)[O-])o2)cnn1-c1cccc(C(F)(F)F)c1. The van der Waals surface area contributed by atoms with Crippen LogP contribution in [-0.4, -0.2) is 20.6 Å². The first kappa shape index (κ1) is 20.1. The Bertz CT molecular complexity index is 1070. The second-order valence-electron chi connectivity index (χ2n) is 6.24. The molecule has 0 saturated heterocycles. The highest BCUT2D eigenvalue weighted by Crippen LogP contribution is 2.31. The summed E-state index contributed by atoms with van der Waals surface area (Å²) in [6.45, 7) is 3.30. The summed E-state index contributed by atoms with van der Waals surface area (Å²) in [7, 11) is 0. The highest BCUT2D eigenvalue weighted by molar-refractivity contribution is 5.92. The van der Waals surface area contributed by atoms with E-state index in [1.165, 1.54) is 29.1 Å². The summed E-state index contributed by atoms with van der Waals surface area (Å²) >= 11 is 0. The van der Waals surface area contributed by atoms with E-state index in [1.807, 2.05) is 0 Å². The number of nitrogens with one attached hydrogen (secondary N) is 1. The third kappa shape index (κ3) is 4.13. The summed E-state index contributed by atoms with van der Waals surface area (Å²) < 4.78 is 45.0. The van der Waals surface area contributed by atoms with Gasteiger partial charge in [0.1, 0.15) is 4.92 Å². The van der Waals surface area contributed by atoms with Crippen molar-refractivity contribution < 1.29 is 27.3 Å². The highest BCUT2D eigenvalue weighted by Gasteiger charge is 2.31. The molecule has 3 rings (SSSR count). The van der Waals surface area contributed by atoms with Crippen LogP contribution >= 0.6 is 0 Å². The number of hydrogen-bond donors (Lipinski definition) is 1. The van der Waals surface area contributed by atoms with Crippen LogP contribution in [0.3, 0.4) is 0 Å². The quantitative estimate of drug-likeness (QED) is 0.504. The van der Waals surface area contributed by atoms with Crippen LogP contribution in [0.4, 0.5) is 19.1 Å². The van der Waals surface area contributed by atoms with Crippen molar-refractivity contribution in [1.82, 2.24) is 15.1 Å². The molecule has 0 spiro atoms. The minimum absolute atomic E-state index is 0.226. The maximum Gasteiger partial charge on any atom is 0.433 e. The topological polar surface area (TPSA) is 103 Å². The lowest BCUT2D eigenvalue weighted by Gasteiger charge is -2.14. The van der Waals surface area contributed by atoms with Crippen LogP contribution in [-0.2, 0) is 6.18 Å². The zero-order chi connectivity index (χ0) is 21.3. The Hall–Kier alpha value is -3.63. The number of carbonyl (C=O) groups is 1. The minimum Gasteiger partial charge on any atom is -0.395 e. The van der Waals surface area contributed by atoms with Gasteiger partial charge in [0.2, 0.25) is 0 Å². The first-order valence-electron chi connectivity index (χ1n) is 8.35. The number of hydrogen-bond acceptors (Lipinski definition) is 5. The fraction of sp³-hybridized carbons (Fsp3) is 0.222. The molecular formula is C18H15F3N4O4. The Kier molecular flexibility index (Phi) is 5.14. The summed E-state index contributed by atoms with van der Waals surface area (Å²) in [5.74, 6) is -1.46. The Morgan fingerprint density at radius 2 is 2.03 bits per heavy atom. The van der Waals surface area contributed by atoms with Crippen LogP contribution in [0, 0.1) is 17.0 Å². The van der Waals surface area contributed by atoms with E-state index in [9.17, 15) is 28.1 Å². The molecule has 0 bridgehead atoms. The fourth-order valence-corrected chi connectivity index (χ4v) is 2.82. The Morgan fingerprint density at radius 1 is 1.31 bits per heavy atom. The molecule has 0 saturated carbocycles. The zero-order valence-corrected chi connectivity index (χ0v) is 15.2. The molecule has 3 aromatic rings. The van der Waals surface area contributed by atoms with E-state index in [-0.39, 0.29) is 11.4 Å². The van der Waals surface area contributed by atoms with Crippen molar-refractivity contribution >= 4 is 11.8 Å². The molecule has 152 valence electrons. The Labute approximate surface area is 162 Å². The van der Waals surface area contributed by atoms with Gasteiger partial charge in [0.25, 0.3) is 5.91 Å². The summed E-state index contributed by atoms with van der Waals surface area (Å²) in [6.07, 6.45) is -3.04. The molecule has 1 N–H and O–H groups in total. The molecule has 1 atom stereocenters. The molecule has 8 nitrogen and oxygen atoms in total. The van der Waals surface area contributed by atoms with Crippen molar-refractivity contribution in [3.8, 4) is 5.69 Å². The summed E-state index contributed by atoms with van der Waals surface area (Å²) in [5, 5.41) is 17.4. The number of alkyl halides is 3. The van der Waals surface area contributed by atoms with Crippen LogP contribution < -0.4 is 5.32 Å². The van der Waals surface area contributed by atoms with E-state index in [0.29, 0.717) is 11.3 Å². The van der Waals surface area contributed by atoms with Crippen molar-refractivity contribution in [3.63, 3.8) is 0 Å². The van der Waals surface area contributed by atoms with E-state index < -0.39 is 34.5 Å². The second kappa shape index (κ2) is 7.41. The number of nitrogens with zero attached hydrogens (tertiary/aromatic N) is 3. The van der Waals surface area contributed by atoms with Gasteiger partial charge in [-0.1, -0.05) is 6.07 Å². The van der Waals surface area contributed by atoms with Crippen LogP contribution in [0.2, 0.25) is 0 Å². The molecule has 1 amide bonds. The lowest BCUT2D eigenvalue weighted by Crippen LogP contribution is -2.26. The maximum absolute atomic E-state index is 12.9. The third-order valence-electron chi connectivity index (χ3n) is 4.28. The lowest BCUT2D eigenvalue weighted by atomic mass is 10.1. The van der Waals surface area contributed by atoms with Gasteiger partial charge in [0.15, 0.2) is 5.76 Å². The van der Waals surface area contributed by atoms with Crippen LogP contribution in [0.5, 0.6) is 0 Å².